The van der Waals surface area contributed by atoms with Crippen LogP contribution in [0.15, 0.2) is 24.3 Å². The quantitative estimate of drug-likeness (QED) is 0.876. The normalized spacial score (nSPS) is 22.3. The summed E-state index contributed by atoms with van der Waals surface area (Å²) in [5.41, 5.74) is 0.528. The monoisotopic (exact) mass is 282 g/mol. The third-order valence-corrected chi connectivity index (χ3v) is 3.78. The third-order valence-electron chi connectivity index (χ3n) is 3.45. The Balaban J connectivity index is 2.06. The molecule has 0 spiro atoms. The van der Waals surface area contributed by atoms with Gasteiger partial charge in [0.15, 0.2) is 0 Å². The molecule has 1 saturated heterocycles. The van der Waals surface area contributed by atoms with Crippen LogP contribution in [0.25, 0.3) is 0 Å². The molecule has 1 aromatic rings. The lowest BCUT2D eigenvalue weighted by Gasteiger charge is -2.23. The van der Waals surface area contributed by atoms with E-state index in [1.807, 2.05) is 0 Å². The predicted molar refractivity (Wildman–Crippen MR) is 72.4 cm³/mol. The van der Waals surface area contributed by atoms with Crippen molar-refractivity contribution in [3.63, 3.8) is 0 Å². The van der Waals surface area contributed by atoms with E-state index >= 15 is 0 Å². The Morgan fingerprint density at radius 3 is 2.68 bits per heavy atom. The van der Waals surface area contributed by atoms with Gasteiger partial charge in [0, 0.05) is 12.6 Å². The Morgan fingerprint density at radius 1 is 1.42 bits per heavy atom. The number of hydrogen-bond donors (Lipinski definition) is 2. The molecule has 0 saturated carbocycles. The van der Waals surface area contributed by atoms with Crippen LogP contribution >= 0.6 is 11.6 Å². The van der Waals surface area contributed by atoms with Crippen molar-refractivity contribution in [1.29, 1.82) is 0 Å². The van der Waals surface area contributed by atoms with Crippen molar-refractivity contribution in [3.05, 3.63) is 29.3 Å². The van der Waals surface area contributed by atoms with E-state index in [9.17, 15) is 9.59 Å². The standard InChI is InChI=1S/C13H15ClN2O3/c1-8-9(12(17)18)6-7-16(8)13(19)15-11-5-3-2-4-10(11)14/h2-5,8-9H,6-7H2,1H3,(H,15,19)(H,17,18). The number of likely N-dealkylation sites (tertiary alicyclic amines) is 1. The van der Waals surface area contributed by atoms with Crippen LogP contribution < -0.4 is 5.32 Å². The zero-order valence-electron chi connectivity index (χ0n) is 10.5. The fraction of sp³-hybridized carbons (Fsp3) is 0.385. The summed E-state index contributed by atoms with van der Waals surface area (Å²) in [6, 6.07) is 6.30. The Bertz CT molecular complexity index is 506. The molecular formula is C13H15ClN2O3. The van der Waals surface area contributed by atoms with Gasteiger partial charge in [0.05, 0.1) is 16.6 Å². The summed E-state index contributed by atoms with van der Waals surface area (Å²) in [7, 11) is 0. The number of amides is 2. The lowest BCUT2D eigenvalue weighted by Crippen LogP contribution is -2.40. The van der Waals surface area contributed by atoms with Crippen molar-refractivity contribution in [1.82, 2.24) is 4.90 Å². The highest BCUT2D eigenvalue weighted by Crippen LogP contribution is 2.26. The molecule has 0 bridgehead atoms. The minimum absolute atomic E-state index is 0.315. The van der Waals surface area contributed by atoms with E-state index in [1.165, 1.54) is 4.90 Å². The maximum atomic E-state index is 12.1. The van der Waals surface area contributed by atoms with Gasteiger partial charge >= 0.3 is 12.0 Å². The fourth-order valence-electron chi connectivity index (χ4n) is 2.31. The molecule has 0 aliphatic carbocycles. The summed E-state index contributed by atoms with van der Waals surface area (Å²) < 4.78 is 0. The molecule has 6 heteroatoms. The van der Waals surface area contributed by atoms with Crippen molar-refractivity contribution in [2.24, 2.45) is 5.92 Å². The van der Waals surface area contributed by atoms with E-state index in [1.54, 1.807) is 31.2 Å². The minimum atomic E-state index is -0.861. The molecule has 102 valence electrons. The van der Waals surface area contributed by atoms with Crippen LogP contribution in [0.3, 0.4) is 0 Å². The summed E-state index contributed by atoms with van der Waals surface area (Å²) in [6.45, 7) is 2.19. The van der Waals surface area contributed by atoms with Crippen molar-refractivity contribution in [2.75, 3.05) is 11.9 Å². The zero-order chi connectivity index (χ0) is 14.0. The second-order valence-corrected chi connectivity index (χ2v) is 4.98. The highest BCUT2D eigenvalue weighted by Gasteiger charge is 2.38. The zero-order valence-corrected chi connectivity index (χ0v) is 11.2. The summed E-state index contributed by atoms with van der Waals surface area (Å²) in [6.07, 6.45) is 0.479. The van der Waals surface area contributed by atoms with Gasteiger partial charge in [-0.05, 0) is 25.5 Å². The molecule has 1 fully saturated rings. The first kappa shape index (κ1) is 13.7. The Kier molecular flexibility index (Phi) is 3.95. The number of anilines is 1. The fourth-order valence-corrected chi connectivity index (χ4v) is 2.49. The van der Waals surface area contributed by atoms with E-state index in [0.717, 1.165) is 0 Å². The van der Waals surface area contributed by atoms with Gasteiger partial charge in [-0.3, -0.25) is 4.79 Å². The van der Waals surface area contributed by atoms with Gasteiger partial charge in [-0.1, -0.05) is 23.7 Å². The number of urea groups is 1. The highest BCUT2D eigenvalue weighted by atomic mass is 35.5. The molecule has 1 heterocycles. The number of carbonyl (C=O) groups excluding carboxylic acids is 1. The first-order valence-electron chi connectivity index (χ1n) is 6.05. The second kappa shape index (κ2) is 5.48. The van der Waals surface area contributed by atoms with Gasteiger partial charge in [0.1, 0.15) is 0 Å². The molecule has 5 nitrogen and oxygen atoms in total. The first-order valence-corrected chi connectivity index (χ1v) is 6.43. The van der Waals surface area contributed by atoms with Gasteiger partial charge < -0.3 is 15.3 Å². The van der Waals surface area contributed by atoms with Crippen LogP contribution in [0.2, 0.25) is 5.02 Å². The molecule has 2 amide bonds. The van der Waals surface area contributed by atoms with Gasteiger partial charge in [-0.15, -0.1) is 0 Å². The number of halogens is 1. The smallest absolute Gasteiger partial charge is 0.322 e. The number of para-hydroxylation sites is 1. The number of nitrogens with one attached hydrogen (secondary N) is 1. The molecule has 19 heavy (non-hydrogen) atoms. The number of rotatable bonds is 2. The van der Waals surface area contributed by atoms with Crippen LogP contribution in [0.4, 0.5) is 10.5 Å². The maximum absolute atomic E-state index is 12.1. The number of benzene rings is 1. The number of nitrogens with zero attached hydrogens (tertiary/aromatic N) is 1. The van der Waals surface area contributed by atoms with Crippen LogP contribution in [0.1, 0.15) is 13.3 Å². The second-order valence-electron chi connectivity index (χ2n) is 4.58. The number of aliphatic carboxylic acids is 1. The van der Waals surface area contributed by atoms with E-state index in [4.69, 9.17) is 16.7 Å². The molecule has 0 aromatic heterocycles. The highest BCUT2D eigenvalue weighted by molar-refractivity contribution is 6.33. The summed E-state index contributed by atoms with van der Waals surface area (Å²) >= 11 is 5.96. The van der Waals surface area contributed by atoms with Crippen LogP contribution in [0, 0.1) is 5.92 Å². The van der Waals surface area contributed by atoms with Crippen LogP contribution in [0.5, 0.6) is 0 Å². The Morgan fingerprint density at radius 2 is 2.11 bits per heavy atom. The Labute approximate surface area is 116 Å². The third kappa shape index (κ3) is 2.81. The molecule has 1 aliphatic heterocycles. The van der Waals surface area contributed by atoms with E-state index in [0.29, 0.717) is 23.7 Å². The van der Waals surface area contributed by atoms with Crippen LogP contribution in [-0.4, -0.2) is 34.6 Å². The minimum Gasteiger partial charge on any atom is -0.481 e. The van der Waals surface area contributed by atoms with E-state index in [2.05, 4.69) is 5.32 Å². The molecule has 2 N–H and O–H groups in total. The first-order chi connectivity index (χ1) is 9.00. The topological polar surface area (TPSA) is 69.6 Å². The SMILES string of the molecule is CC1C(C(=O)O)CCN1C(=O)Nc1ccccc1Cl. The van der Waals surface area contributed by atoms with E-state index in [-0.39, 0.29) is 12.1 Å². The lowest BCUT2D eigenvalue weighted by molar-refractivity contribution is -0.142. The molecule has 1 aromatic carbocycles. The molecule has 2 rings (SSSR count). The van der Waals surface area contributed by atoms with Crippen molar-refractivity contribution in [3.8, 4) is 0 Å². The number of carboxylic acid groups (broad SMARTS) is 1. The summed E-state index contributed by atoms with van der Waals surface area (Å²) in [5.74, 6) is -1.36. The average Bonchev–Trinajstić information content (AvgIpc) is 2.74. The molecule has 1 aliphatic rings. The van der Waals surface area contributed by atoms with Crippen molar-refractivity contribution >= 4 is 29.3 Å². The number of carboxylic acids is 1. The molecule has 0 radical (unpaired) electrons. The number of hydrogen-bond acceptors (Lipinski definition) is 2. The Hall–Kier alpha value is -1.75. The van der Waals surface area contributed by atoms with Crippen LogP contribution in [-0.2, 0) is 4.79 Å². The summed E-state index contributed by atoms with van der Waals surface area (Å²) in [5, 5.41) is 12.2. The van der Waals surface area contributed by atoms with Gasteiger partial charge in [-0.2, -0.15) is 0 Å². The average molecular weight is 283 g/mol. The summed E-state index contributed by atoms with van der Waals surface area (Å²) in [4.78, 5) is 24.7. The van der Waals surface area contributed by atoms with Gasteiger partial charge in [0.2, 0.25) is 0 Å². The lowest BCUT2D eigenvalue weighted by atomic mass is 10.0. The maximum Gasteiger partial charge on any atom is 0.322 e. The number of carbonyl (C=O) groups is 2. The largest absolute Gasteiger partial charge is 0.481 e. The molecular weight excluding hydrogens is 268 g/mol. The van der Waals surface area contributed by atoms with E-state index < -0.39 is 11.9 Å². The molecule has 2 unspecified atom stereocenters. The molecule has 2 atom stereocenters. The van der Waals surface area contributed by atoms with Crippen molar-refractivity contribution in [2.45, 2.75) is 19.4 Å². The van der Waals surface area contributed by atoms with Gasteiger partial charge in [0.25, 0.3) is 0 Å². The van der Waals surface area contributed by atoms with Gasteiger partial charge in [-0.25, -0.2) is 4.79 Å². The van der Waals surface area contributed by atoms with Crippen molar-refractivity contribution < 1.29 is 14.7 Å². The predicted octanol–water partition coefficient (Wildman–Crippen LogP) is 2.67.